The van der Waals surface area contributed by atoms with E-state index < -0.39 is 11.9 Å². The van der Waals surface area contributed by atoms with Gasteiger partial charge in [0, 0.05) is 13.1 Å². The number of aliphatic carboxylic acids is 1. The summed E-state index contributed by atoms with van der Waals surface area (Å²) in [5.41, 5.74) is 0.853. The highest BCUT2D eigenvalue weighted by Crippen LogP contribution is 2.25. The van der Waals surface area contributed by atoms with Crippen molar-refractivity contribution in [2.24, 2.45) is 11.8 Å². The Morgan fingerprint density at radius 1 is 1.50 bits per heavy atom. The van der Waals surface area contributed by atoms with Gasteiger partial charge in [0.15, 0.2) is 0 Å². The zero-order valence-corrected chi connectivity index (χ0v) is 12.9. The number of carbonyl (C=O) groups excluding carboxylic acids is 1. The molecule has 6 heteroatoms. The van der Waals surface area contributed by atoms with Gasteiger partial charge in [-0.2, -0.15) is 0 Å². The Morgan fingerprint density at radius 2 is 2.20 bits per heavy atom. The normalized spacial score (nSPS) is 18.8. The monoisotopic (exact) mass is 296 g/mol. The number of aromatic nitrogens is 1. The summed E-state index contributed by atoms with van der Waals surface area (Å²) in [5, 5.41) is 9.90. The van der Waals surface area contributed by atoms with E-state index in [1.807, 2.05) is 6.92 Å². The number of nitrogens with zero attached hydrogens (tertiary/aromatic N) is 2. The van der Waals surface area contributed by atoms with E-state index in [2.05, 4.69) is 18.8 Å². The average molecular weight is 296 g/mol. The molecule has 0 bridgehead atoms. The Labute approximate surface area is 122 Å². The standard InChI is InChI=1S/C14H20N2O3S/c1-8(2)6-11-12(20-9(3)15-11)13(17)16-5-4-10(7-16)14(18)19/h8,10H,4-7H2,1-3H3,(H,18,19)/t10-/m0/s1. The maximum Gasteiger partial charge on any atom is 0.308 e. The van der Waals surface area contributed by atoms with Gasteiger partial charge >= 0.3 is 5.97 Å². The van der Waals surface area contributed by atoms with E-state index in [4.69, 9.17) is 5.11 Å². The van der Waals surface area contributed by atoms with Crippen LogP contribution < -0.4 is 0 Å². The van der Waals surface area contributed by atoms with E-state index >= 15 is 0 Å². The Hall–Kier alpha value is -1.43. The minimum absolute atomic E-state index is 0.0602. The van der Waals surface area contributed by atoms with Crippen LogP contribution in [0.25, 0.3) is 0 Å². The quantitative estimate of drug-likeness (QED) is 0.924. The molecule has 0 unspecified atom stereocenters. The fourth-order valence-corrected chi connectivity index (χ4v) is 3.37. The lowest BCUT2D eigenvalue weighted by atomic mass is 10.1. The van der Waals surface area contributed by atoms with Crippen molar-refractivity contribution in [1.29, 1.82) is 0 Å². The summed E-state index contributed by atoms with van der Waals surface area (Å²) in [6.45, 7) is 6.92. The van der Waals surface area contributed by atoms with E-state index in [-0.39, 0.29) is 5.91 Å². The third kappa shape index (κ3) is 3.17. The molecule has 1 aromatic rings. The Bertz CT molecular complexity index is 524. The summed E-state index contributed by atoms with van der Waals surface area (Å²) in [6, 6.07) is 0. The molecule has 2 heterocycles. The van der Waals surface area contributed by atoms with Gasteiger partial charge in [0.25, 0.3) is 5.91 Å². The number of carbonyl (C=O) groups is 2. The molecule has 5 nitrogen and oxygen atoms in total. The van der Waals surface area contributed by atoms with Gasteiger partial charge < -0.3 is 10.0 Å². The van der Waals surface area contributed by atoms with Gasteiger partial charge in [-0.05, 0) is 25.7 Å². The van der Waals surface area contributed by atoms with E-state index in [1.165, 1.54) is 11.3 Å². The topological polar surface area (TPSA) is 70.5 Å². The first-order valence-electron chi connectivity index (χ1n) is 6.87. The molecule has 1 aliphatic rings. The highest BCUT2D eigenvalue weighted by molar-refractivity contribution is 7.13. The molecule has 0 aromatic carbocycles. The van der Waals surface area contributed by atoms with Gasteiger partial charge in [0.05, 0.1) is 16.6 Å². The summed E-state index contributed by atoms with van der Waals surface area (Å²) in [6.07, 6.45) is 1.32. The molecule has 0 spiro atoms. The second kappa shape index (κ2) is 5.91. The largest absolute Gasteiger partial charge is 0.481 e. The number of likely N-dealkylation sites (tertiary alicyclic amines) is 1. The molecule has 0 radical (unpaired) electrons. The van der Waals surface area contributed by atoms with Crippen molar-refractivity contribution in [2.45, 2.75) is 33.6 Å². The second-order valence-electron chi connectivity index (χ2n) is 5.68. The first-order chi connectivity index (χ1) is 9.38. The summed E-state index contributed by atoms with van der Waals surface area (Å²) < 4.78 is 0. The Balaban J connectivity index is 2.15. The molecule has 0 aliphatic carbocycles. The van der Waals surface area contributed by atoms with Gasteiger partial charge in [0.1, 0.15) is 4.88 Å². The summed E-state index contributed by atoms with van der Waals surface area (Å²) in [5.74, 6) is -0.867. The predicted molar refractivity (Wildman–Crippen MR) is 77.0 cm³/mol. The molecule has 1 aromatic heterocycles. The summed E-state index contributed by atoms with van der Waals surface area (Å²) >= 11 is 1.41. The van der Waals surface area contributed by atoms with Gasteiger partial charge in [0.2, 0.25) is 0 Å². The maximum absolute atomic E-state index is 12.5. The lowest BCUT2D eigenvalue weighted by Gasteiger charge is -2.15. The molecule has 2 rings (SSSR count). The number of hydrogen-bond acceptors (Lipinski definition) is 4. The van der Waals surface area contributed by atoms with Crippen LogP contribution in [0.15, 0.2) is 0 Å². The molecule has 0 saturated carbocycles. The molecule has 20 heavy (non-hydrogen) atoms. The number of amides is 1. The van der Waals surface area contributed by atoms with Crippen molar-refractivity contribution in [1.82, 2.24) is 9.88 Å². The third-order valence-corrected chi connectivity index (χ3v) is 4.43. The second-order valence-corrected chi connectivity index (χ2v) is 6.88. The van der Waals surface area contributed by atoms with Crippen molar-refractivity contribution < 1.29 is 14.7 Å². The van der Waals surface area contributed by atoms with Gasteiger partial charge in [-0.15, -0.1) is 11.3 Å². The molecular formula is C14H20N2O3S. The fourth-order valence-electron chi connectivity index (χ4n) is 2.45. The molecule has 1 saturated heterocycles. The molecule has 1 fully saturated rings. The highest BCUT2D eigenvalue weighted by atomic mass is 32.1. The van der Waals surface area contributed by atoms with Crippen LogP contribution in [0.5, 0.6) is 0 Å². The summed E-state index contributed by atoms with van der Waals surface area (Å²) in [4.78, 5) is 30.3. The van der Waals surface area contributed by atoms with Crippen molar-refractivity contribution in [3.63, 3.8) is 0 Å². The minimum Gasteiger partial charge on any atom is -0.481 e. The number of carboxylic acid groups (broad SMARTS) is 1. The Morgan fingerprint density at radius 3 is 2.75 bits per heavy atom. The smallest absolute Gasteiger partial charge is 0.308 e. The van der Waals surface area contributed by atoms with E-state index in [9.17, 15) is 9.59 Å². The minimum atomic E-state index is -0.816. The zero-order chi connectivity index (χ0) is 14.9. The van der Waals surface area contributed by atoms with Gasteiger partial charge in [-0.3, -0.25) is 9.59 Å². The van der Waals surface area contributed by atoms with Crippen LogP contribution in [0.2, 0.25) is 0 Å². The SMILES string of the molecule is Cc1nc(CC(C)C)c(C(=O)N2CC[C@H](C(=O)O)C2)s1. The van der Waals surface area contributed by atoms with Crippen molar-refractivity contribution >= 4 is 23.2 Å². The highest BCUT2D eigenvalue weighted by Gasteiger charge is 2.33. The van der Waals surface area contributed by atoms with Crippen molar-refractivity contribution in [3.8, 4) is 0 Å². The van der Waals surface area contributed by atoms with Crippen LogP contribution >= 0.6 is 11.3 Å². The van der Waals surface area contributed by atoms with Crippen LogP contribution in [0.1, 0.15) is 40.6 Å². The molecule has 110 valence electrons. The Kier molecular flexibility index (Phi) is 4.42. The average Bonchev–Trinajstić information content (AvgIpc) is 2.94. The lowest BCUT2D eigenvalue weighted by molar-refractivity contribution is -0.141. The number of carboxylic acids is 1. The third-order valence-electron chi connectivity index (χ3n) is 3.42. The van der Waals surface area contributed by atoms with Crippen LogP contribution in [-0.2, 0) is 11.2 Å². The first-order valence-corrected chi connectivity index (χ1v) is 7.68. The van der Waals surface area contributed by atoms with Gasteiger partial charge in [-0.1, -0.05) is 13.8 Å². The van der Waals surface area contributed by atoms with Crippen molar-refractivity contribution in [2.75, 3.05) is 13.1 Å². The van der Waals surface area contributed by atoms with Crippen LogP contribution in [0.3, 0.4) is 0 Å². The van der Waals surface area contributed by atoms with Crippen molar-refractivity contribution in [3.05, 3.63) is 15.6 Å². The number of thiazole rings is 1. The fraction of sp³-hybridized carbons (Fsp3) is 0.643. The number of aryl methyl sites for hydroxylation is 1. The van der Waals surface area contributed by atoms with E-state index in [1.54, 1.807) is 4.90 Å². The lowest BCUT2D eigenvalue weighted by Crippen LogP contribution is -2.30. The first kappa shape index (κ1) is 15.0. The molecular weight excluding hydrogens is 276 g/mol. The molecule has 1 atom stereocenters. The zero-order valence-electron chi connectivity index (χ0n) is 12.0. The molecule has 1 aliphatic heterocycles. The van der Waals surface area contributed by atoms with E-state index in [0.29, 0.717) is 30.3 Å². The van der Waals surface area contributed by atoms with Crippen LogP contribution in [0.4, 0.5) is 0 Å². The molecule has 1 N–H and O–H groups in total. The maximum atomic E-state index is 12.5. The van der Waals surface area contributed by atoms with Crippen LogP contribution in [0, 0.1) is 18.8 Å². The van der Waals surface area contributed by atoms with Crippen LogP contribution in [-0.4, -0.2) is 40.0 Å². The van der Waals surface area contributed by atoms with E-state index in [0.717, 1.165) is 17.1 Å². The van der Waals surface area contributed by atoms with Gasteiger partial charge in [-0.25, -0.2) is 4.98 Å². The predicted octanol–water partition coefficient (Wildman–Crippen LogP) is 2.20. The number of hydrogen-bond donors (Lipinski definition) is 1. The number of rotatable bonds is 4. The molecule has 1 amide bonds. The summed E-state index contributed by atoms with van der Waals surface area (Å²) in [7, 11) is 0.